The third-order valence-electron chi connectivity index (χ3n) is 3.63. The largest absolute Gasteiger partial charge is 0.304 e. The van der Waals surface area contributed by atoms with Crippen molar-refractivity contribution in [2.24, 2.45) is 0 Å². The normalized spacial score (nSPS) is 18.1. The highest BCUT2D eigenvalue weighted by molar-refractivity contribution is 9.10. The Kier molecular flexibility index (Phi) is 3.27. The number of benzene rings is 1. The molecule has 0 amide bonds. The number of nitrogens with zero attached hydrogens (tertiary/aromatic N) is 1. The molecule has 0 radical (unpaired) electrons. The third-order valence-corrected chi connectivity index (χ3v) is 4.24. The Morgan fingerprint density at radius 1 is 1.16 bits per heavy atom. The lowest BCUT2D eigenvalue weighted by Gasteiger charge is -2.28. The van der Waals surface area contributed by atoms with Crippen LogP contribution in [-0.4, -0.2) is 4.57 Å². The maximum absolute atomic E-state index is 13.0. The molecule has 0 N–H and O–H groups in total. The zero-order chi connectivity index (χ0) is 13.4. The molecular weight excluding hydrogens is 309 g/mol. The van der Waals surface area contributed by atoms with Crippen molar-refractivity contribution >= 4 is 15.9 Å². The van der Waals surface area contributed by atoms with E-state index in [9.17, 15) is 9.18 Å². The van der Waals surface area contributed by atoms with Crippen molar-refractivity contribution < 1.29 is 4.39 Å². The van der Waals surface area contributed by atoms with E-state index in [-0.39, 0.29) is 17.4 Å². The molecule has 19 heavy (non-hydrogen) atoms. The van der Waals surface area contributed by atoms with Crippen molar-refractivity contribution in [3.8, 4) is 0 Å². The van der Waals surface area contributed by atoms with Gasteiger partial charge in [0.05, 0.1) is 10.5 Å². The molecule has 1 atom stereocenters. The van der Waals surface area contributed by atoms with Gasteiger partial charge in [-0.15, -0.1) is 0 Å². The van der Waals surface area contributed by atoms with Gasteiger partial charge in [-0.3, -0.25) is 4.79 Å². The van der Waals surface area contributed by atoms with Gasteiger partial charge < -0.3 is 4.57 Å². The summed E-state index contributed by atoms with van der Waals surface area (Å²) in [7, 11) is 0. The summed E-state index contributed by atoms with van der Waals surface area (Å²) in [6.07, 6.45) is 2.87. The van der Waals surface area contributed by atoms with Gasteiger partial charge in [0.25, 0.3) is 5.56 Å². The summed E-state index contributed by atoms with van der Waals surface area (Å²) in [6, 6.07) is 10.2. The topological polar surface area (TPSA) is 22.0 Å². The minimum Gasteiger partial charge on any atom is -0.304 e. The van der Waals surface area contributed by atoms with Crippen LogP contribution in [0.4, 0.5) is 4.39 Å². The number of hydrogen-bond acceptors (Lipinski definition) is 1. The second kappa shape index (κ2) is 4.93. The first-order chi connectivity index (χ1) is 9.16. The Labute approximate surface area is 119 Å². The van der Waals surface area contributed by atoms with Crippen LogP contribution in [0.15, 0.2) is 45.7 Å². The quantitative estimate of drug-likeness (QED) is 0.785. The van der Waals surface area contributed by atoms with Crippen molar-refractivity contribution in [3.05, 3.63) is 68.3 Å². The summed E-state index contributed by atoms with van der Waals surface area (Å²) in [4.78, 5) is 12.3. The number of fused-ring (bicyclic) bond motifs is 1. The molecule has 4 heteroatoms. The molecule has 0 aliphatic carbocycles. The van der Waals surface area contributed by atoms with Crippen LogP contribution in [0, 0.1) is 5.82 Å². The van der Waals surface area contributed by atoms with Gasteiger partial charge in [0, 0.05) is 5.69 Å². The van der Waals surface area contributed by atoms with Gasteiger partial charge in [-0.1, -0.05) is 12.1 Å². The number of aryl methyl sites for hydroxylation is 1. The van der Waals surface area contributed by atoms with Crippen molar-refractivity contribution in [2.75, 3.05) is 0 Å². The average Bonchev–Trinajstić information content (AvgIpc) is 2.43. The van der Waals surface area contributed by atoms with E-state index in [0.717, 1.165) is 30.5 Å². The number of halogens is 2. The van der Waals surface area contributed by atoms with Crippen molar-refractivity contribution in [3.63, 3.8) is 0 Å². The van der Waals surface area contributed by atoms with Crippen LogP contribution in [0.1, 0.15) is 30.1 Å². The number of hydrogen-bond donors (Lipinski definition) is 0. The highest BCUT2D eigenvalue weighted by atomic mass is 79.9. The third kappa shape index (κ3) is 2.25. The highest BCUT2D eigenvalue weighted by Crippen LogP contribution is 2.29. The zero-order valence-electron chi connectivity index (χ0n) is 10.3. The number of pyridine rings is 1. The molecule has 98 valence electrons. The maximum Gasteiger partial charge on any atom is 0.265 e. The maximum atomic E-state index is 13.0. The van der Waals surface area contributed by atoms with E-state index < -0.39 is 0 Å². The molecule has 2 heterocycles. The lowest BCUT2D eigenvalue weighted by Crippen LogP contribution is -2.31. The summed E-state index contributed by atoms with van der Waals surface area (Å²) in [5, 5.41) is 0. The molecule has 0 spiro atoms. The van der Waals surface area contributed by atoms with Crippen LogP contribution in [0.2, 0.25) is 0 Å². The van der Waals surface area contributed by atoms with Gasteiger partial charge >= 0.3 is 0 Å². The second-order valence-electron chi connectivity index (χ2n) is 4.81. The molecule has 0 saturated heterocycles. The van der Waals surface area contributed by atoms with Gasteiger partial charge in [0.2, 0.25) is 0 Å². The van der Waals surface area contributed by atoms with Crippen LogP contribution >= 0.6 is 15.9 Å². The Balaban J connectivity index is 2.14. The fourth-order valence-electron chi connectivity index (χ4n) is 2.72. The second-order valence-corrected chi connectivity index (χ2v) is 5.66. The monoisotopic (exact) mass is 321 g/mol. The summed E-state index contributed by atoms with van der Waals surface area (Å²) in [5.41, 5.74) is 2.03. The molecule has 3 rings (SSSR count). The smallest absolute Gasteiger partial charge is 0.265 e. The molecular formula is C15H13BrFNO. The minimum absolute atomic E-state index is 0.00785. The van der Waals surface area contributed by atoms with E-state index in [1.54, 1.807) is 18.2 Å². The lowest BCUT2D eigenvalue weighted by molar-refractivity contribution is 0.440. The van der Waals surface area contributed by atoms with E-state index in [0.29, 0.717) is 4.47 Å². The molecule has 1 aliphatic rings. The first-order valence-corrected chi connectivity index (χ1v) is 7.11. The number of aromatic nitrogens is 1. The minimum atomic E-state index is -0.249. The first-order valence-electron chi connectivity index (χ1n) is 6.32. The summed E-state index contributed by atoms with van der Waals surface area (Å²) in [6.45, 7) is 0. The number of rotatable bonds is 1. The van der Waals surface area contributed by atoms with Crippen LogP contribution in [0.3, 0.4) is 0 Å². The molecule has 1 aromatic heterocycles. The zero-order valence-corrected chi connectivity index (χ0v) is 11.9. The first kappa shape index (κ1) is 12.6. The SMILES string of the molecule is O=c1c(Br)ccc2n1C(c1ccc(F)cc1)CCC2. The molecule has 2 aromatic rings. The molecule has 0 fully saturated rings. The van der Waals surface area contributed by atoms with Gasteiger partial charge in [0.15, 0.2) is 0 Å². The Morgan fingerprint density at radius 2 is 1.89 bits per heavy atom. The highest BCUT2D eigenvalue weighted by Gasteiger charge is 2.23. The van der Waals surface area contributed by atoms with Crippen molar-refractivity contribution in [1.29, 1.82) is 0 Å². The molecule has 1 aromatic carbocycles. The fourth-order valence-corrected chi connectivity index (χ4v) is 3.04. The molecule has 2 nitrogen and oxygen atoms in total. The summed E-state index contributed by atoms with van der Waals surface area (Å²) in [5.74, 6) is -0.249. The van der Waals surface area contributed by atoms with E-state index in [1.165, 1.54) is 12.1 Å². The molecule has 0 bridgehead atoms. The molecule has 1 aliphatic heterocycles. The van der Waals surface area contributed by atoms with Gasteiger partial charge in [0.1, 0.15) is 5.82 Å². The summed E-state index contributed by atoms with van der Waals surface area (Å²) < 4.78 is 15.4. The predicted molar refractivity (Wildman–Crippen MR) is 75.9 cm³/mol. The fraction of sp³-hybridized carbons (Fsp3) is 0.267. The molecule has 1 unspecified atom stereocenters. The lowest BCUT2D eigenvalue weighted by atomic mass is 9.95. The predicted octanol–water partition coefficient (Wildman–Crippen LogP) is 3.68. The van der Waals surface area contributed by atoms with Crippen LogP contribution in [0.5, 0.6) is 0 Å². The van der Waals surface area contributed by atoms with Gasteiger partial charge in [-0.2, -0.15) is 0 Å². The van der Waals surface area contributed by atoms with Gasteiger partial charge in [-0.25, -0.2) is 4.39 Å². The van der Waals surface area contributed by atoms with Crippen LogP contribution in [-0.2, 0) is 6.42 Å². The standard InChI is InChI=1S/C15H13BrFNO/c16-13-9-8-12-2-1-3-14(18(12)15(13)19)10-4-6-11(17)7-5-10/h4-9,14H,1-3H2. The Morgan fingerprint density at radius 3 is 2.63 bits per heavy atom. The Hall–Kier alpha value is -1.42. The van der Waals surface area contributed by atoms with E-state index in [4.69, 9.17) is 0 Å². The van der Waals surface area contributed by atoms with Crippen molar-refractivity contribution in [1.82, 2.24) is 4.57 Å². The van der Waals surface area contributed by atoms with E-state index >= 15 is 0 Å². The summed E-state index contributed by atoms with van der Waals surface area (Å²) >= 11 is 3.29. The van der Waals surface area contributed by atoms with Crippen LogP contribution < -0.4 is 5.56 Å². The van der Waals surface area contributed by atoms with E-state index in [2.05, 4.69) is 15.9 Å². The molecule has 0 saturated carbocycles. The average molecular weight is 322 g/mol. The van der Waals surface area contributed by atoms with Crippen molar-refractivity contribution in [2.45, 2.75) is 25.3 Å². The van der Waals surface area contributed by atoms with E-state index in [1.807, 2.05) is 10.6 Å². The van der Waals surface area contributed by atoms with Crippen LogP contribution in [0.25, 0.3) is 0 Å². The van der Waals surface area contributed by atoms with Gasteiger partial charge in [-0.05, 0) is 65.0 Å². The Bertz CT molecular complexity index is 663.